The van der Waals surface area contributed by atoms with Gasteiger partial charge in [-0.3, -0.25) is 9.59 Å². The van der Waals surface area contributed by atoms with Crippen molar-refractivity contribution in [2.24, 2.45) is 0 Å². The highest BCUT2D eigenvalue weighted by Gasteiger charge is 2.15. The number of anilines is 1. The van der Waals surface area contributed by atoms with Crippen LogP contribution in [-0.2, 0) is 16.1 Å². The maximum Gasteiger partial charge on any atom is 0.248 e. The zero-order valence-corrected chi connectivity index (χ0v) is 13.5. The van der Waals surface area contributed by atoms with Crippen LogP contribution in [0.3, 0.4) is 0 Å². The molecule has 6 heteroatoms. The zero-order chi connectivity index (χ0) is 17.8. The van der Waals surface area contributed by atoms with Gasteiger partial charge in [0.05, 0.1) is 6.61 Å². The Bertz CT molecular complexity index is 860. The molecule has 1 amide bonds. The van der Waals surface area contributed by atoms with Gasteiger partial charge in [-0.15, -0.1) is 0 Å². The number of Topliss-reactive ketones (excluding diaryl/α,β-unsaturated/α-hetero) is 1. The minimum Gasteiger partial charge on any atom is -0.467 e. The summed E-state index contributed by atoms with van der Waals surface area (Å²) < 4.78 is 24.2. The Morgan fingerprint density at radius 2 is 2.08 bits per heavy atom. The summed E-state index contributed by atoms with van der Waals surface area (Å²) in [5, 5.41) is 2.66. The summed E-state index contributed by atoms with van der Waals surface area (Å²) in [4.78, 5) is 23.5. The summed E-state index contributed by atoms with van der Waals surface area (Å²) in [5.41, 5.74) is 2.08. The number of carbonyl (C=O) groups is 2. The van der Waals surface area contributed by atoms with Crippen molar-refractivity contribution in [3.05, 3.63) is 65.0 Å². The Kier molecular flexibility index (Phi) is 4.90. The molecule has 1 aliphatic heterocycles. The highest BCUT2D eigenvalue weighted by molar-refractivity contribution is 6.03. The van der Waals surface area contributed by atoms with Crippen molar-refractivity contribution in [3.8, 4) is 5.75 Å². The number of ketones is 1. The Hall–Kier alpha value is -2.99. The van der Waals surface area contributed by atoms with Gasteiger partial charge in [-0.1, -0.05) is 12.1 Å². The second kappa shape index (κ2) is 7.27. The average Bonchev–Trinajstić information content (AvgIpc) is 2.59. The van der Waals surface area contributed by atoms with Gasteiger partial charge in [-0.2, -0.15) is 0 Å². The molecule has 0 aliphatic carbocycles. The fraction of sp³-hybridized carbons (Fsp3) is 0.158. The number of benzene rings is 2. The van der Waals surface area contributed by atoms with Crippen LogP contribution in [0.2, 0.25) is 0 Å². The normalized spacial score (nSPS) is 13.2. The number of fused-ring (bicyclic) bond motifs is 1. The zero-order valence-electron chi connectivity index (χ0n) is 13.5. The van der Waals surface area contributed by atoms with Crippen LogP contribution < -0.4 is 10.1 Å². The first kappa shape index (κ1) is 16.9. The van der Waals surface area contributed by atoms with Gasteiger partial charge >= 0.3 is 0 Å². The smallest absolute Gasteiger partial charge is 0.248 e. The SMILES string of the molecule is CC(=O)c1cccc(NC(=O)/C=C/c2cc(F)cc3c2OCOC3)c1. The van der Waals surface area contributed by atoms with E-state index in [0.717, 1.165) is 0 Å². The first-order valence-electron chi connectivity index (χ1n) is 7.66. The van der Waals surface area contributed by atoms with Crippen molar-refractivity contribution in [2.45, 2.75) is 13.5 Å². The molecule has 0 radical (unpaired) electrons. The maximum absolute atomic E-state index is 13.7. The van der Waals surface area contributed by atoms with Crippen molar-refractivity contribution >= 4 is 23.5 Å². The van der Waals surface area contributed by atoms with Crippen LogP contribution in [0.15, 0.2) is 42.5 Å². The second-order valence-electron chi connectivity index (χ2n) is 5.55. The number of carbonyl (C=O) groups excluding carboxylic acids is 2. The number of halogens is 1. The number of rotatable bonds is 4. The Morgan fingerprint density at radius 1 is 1.24 bits per heavy atom. The minimum atomic E-state index is -0.429. The summed E-state index contributed by atoms with van der Waals surface area (Å²) in [6.07, 6.45) is 2.77. The highest BCUT2D eigenvalue weighted by atomic mass is 19.1. The first-order valence-corrected chi connectivity index (χ1v) is 7.66. The van der Waals surface area contributed by atoms with Crippen LogP contribution in [0.5, 0.6) is 5.75 Å². The highest BCUT2D eigenvalue weighted by Crippen LogP contribution is 2.30. The largest absolute Gasteiger partial charge is 0.467 e. The third-order valence-electron chi connectivity index (χ3n) is 3.65. The number of nitrogens with one attached hydrogen (secondary N) is 1. The second-order valence-corrected chi connectivity index (χ2v) is 5.55. The minimum absolute atomic E-state index is 0.0857. The summed E-state index contributed by atoms with van der Waals surface area (Å²) in [6.45, 7) is 1.80. The van der Waals surface area contributed by atoms with Gasteiger partial charge in [-0.05, 0) is 37.3 Å². The van der Waals surface area contributed by atoms with Crippen molar-refractivity contribution in [1.82, 2.24) is 0 Å². The Balaban J connectivity index is 1.76. The lowest BCUT2D eigenvalue weighted by Crippen LogP contribution is -2.13. The molecule has 3 rings (SSSR count). The van der Waals surface area contributed by atoms with Crippen LogP contribution in [0.4, 0.5) is 10.1 Å². The van der Waals surface area contributed by atoms with E-state index in [9.17, 15) is 14.0 Å². The van der Waals surface area contributed by atoms with E-state index in [4.69, 9.17) is 9.47 Å². The number of hydrogen-bond acceptors (Lipinski definition) is 4. The maximum atomic E-state index is 13.7. The molecule has 5 nitrogen and oxygen atoms in total. The summed E-state index contributed by atoms with van der Waals surface area (Å²) >= 11 is 0. The molecule has 0 saturated heterocycles. The predicted molar refractivity (Wildman–Crippen MR) is 90.8 cm³/mol. The van der Waals surface area contributed by atoms with Crippen LogP contribution in [-0.4, -0.2) is 18.5 Å². The van der Waals surface area contributed by atoms with E-state index in [2.05, 4.69) is 5.32 Å². The van der Waals surface area contributed by atoms with Crippen LogP contribution in [0.1, 0.15) is 28.4 Å². The lowest BCUT2D eigenvalue weighted by Gasteiger charge is -2.19. The summed E-state index contributed by atoms with van der Waals surface area (Å²) in [7, 11) is 0. The monoisotopic (exact) mass is 341 g/mol. The van der Waals surface area contributed by atoms with Gasteiger partial charge < -0.3 is 14.8 Å². The fourth-order valence-corrected chi connectivity index (χ4v) is 2.50. The third kappa shape index (κ3) is 4.10. The summed E-state index contributed by atoms with van der Waals surface area (Å²) in [5.74, 6) is -0.402. The molecule has 2 aromatic rings. The third-order valence-corrected chi connectivity index (χ3v) is 3.65. The molecule has 0 saturated carbocycles. The number of hydrogen-bond donors (Lipinski definition) is 1. The first-order chi connectivity index (χ1) is 12.0. The molecule has 0 atom stereocenters. The van der Waals surface area contributed by atoms with E-state index in [-0.39, 0.29) is 19.2 Å². The van der Waals surface area contributed by atoms with Gasteiger partial charge in [0.2, 0.25) is 5.91 Å². The van der Waals surface area contributed by atoms with E-state index in [0.29, 0.717) is 28.1 Å². The predicted octanol–water partition coefficient (Wildman–Crippen LogP) is 3.55. The molecule has 0 spiro atoms. The molecule has 1 aliphatic rings. The summed E-state index contributed by atoms with van der Waals surface area (Å²) in [6, 6.07) is 9.28. The van der Waals surface area contributed by atoms with Crippen LogP contribution in [0, 0.1) is 5.82 Å². The molecular weight excluding hydrogens is 325 g/mol. The lowest BCUT2D eigenvalue weighted by molar-refractivity contribution is -0.111. The van der Waals surface area contributed by atoms with Gasteiger partial charge in [0, 0.05) is 28.5 Å². The molecule has 0 unspecified atom stereocenters. The lowest BCUT2D eigenvalue weighted by atomic mass is 10.1. The van der Waals surface area contributed by atoms with E-state index in [1.165, 1.54) is 31.2 Å². The van der Waals surface area contributed by atoms with Crippen molar-refractivity contribution in [1.29, 1.82) is 0 Å². The van der Waals surface area contributed by atoms with E-state index in [1.807, 2.05) is 0 Å². The van der Waals surface area contributed by atoms with Gasteiger partial charge in [0.15, 0.2) is 12.6 Å². The molecule has 128 valence electrons. The van der Waals surface area contributed by atoms with Crippen molar-refractivity contribution in [3.63, 3.8) is 0 Å². The van der Waals surface area contributed by atoms with Gasteiger partial charge in [0.25, 0.3) is 0 Å². The molecular formula is C19H16FNO4. The Labute approximate surface area is 144 Å². The molecule has 0 bridgehead atoms. The van der Waals surface area contributed by atoms with E-state index >= 15 is 0 Å². The molecule has 25 heavy (non-hydrogen) atoms. The fourth-order valence-electron chi connectivity index (χ4n) is 2.50. The quantitative estimate of drug-likeness (QED) is 0.682. The average molecular weight is 341 g/mol. The van der Waals surface area contributed by atoms with E-state index < -0.39 is 11.7 Å². The molecule has 1 N–H and O–H groups in total. The standard InChI is InChI=1S/C19H16FNO4/c1-12(22)13-3-2-4-17(9-13)21-18(23)6-5-14-7-16(20)8-15-10-24-11-25-19(14)15/h2-9H,10-11H2,1H3,(H,21,23)/b6-5+. The van der Waals surface area contributed by atoms with Crippen molar-refractivity contribution in [2.75, 3.05) is 12.1 Å². The van der Waals surface area contributed by atoms with Crippen LogP contribution in [0.25, 0.3) is 6.08 Å². The molecule has 1 heterocycles. The molecule has 0 aromatic heterocycles. The number of amides is 1. The topological polar surface area (TPSA) is 64.6 Å². The van der Waals surface area contributed by atoms with Crippen LogP contribution >= 0.6 is 0 Å². The molecule has 2 aromatic carbocycles. The van der Waals surface area contributed by atoms with E-state index in [1.54, 1.807) is 24.3 Å². The van der Waals surface area contributed by atoms with Crippen molar-refractivity contribution < 1.29 is 23.5 Å². The van der Waals surface area contributed by atoms with Gasteiger partial charge in [0.1, 0.15) is 11.6 Å². The number of ether oxygens (including phenoxy) is 2. The van der Waals surface area contributed by atoms with Gasteiger partial charge in [-0.25, -0.2) is 4.39 Å². The molecule has 0 fully saturated rings. The Morgan fingerprint density at radius 3 is 2.88 bits per heavy atom.